The van der Waals surface area contributed by atoms with E-state index in [0.29, 0.717) is 5.88 Å². The van der Waals surface area contributed by atoms with Crippen molar-refractivity contribution in [3.05, 3.63) is 238 Å². The Labute approximate surface area is 417 Å². The third-order valence-electron chi connectivity index (χ3n) is 12.5. The lowest BCUT2D eigenvalue weighted by Crippen LogP contribution is -2.81. The smallest absolute Gasteiger partial charge is 0.285 e. The molecule has 0 amide bonds. The van der Waals surface area contributed by atoms with E-state index in [0.717, 1.165) is 33.8 Å². The van der Waals surface area contributed by atoms with Gasteiger partial charge in [-0.1, -0.05) is 78.9 Å². The van der Waals surface area contributed by atoms with E-state index in [1.165, 1.54) is 16.3 Å². The van der Waals surface area contributed by atoms with Crippen molar-refractivity contribution in [3.8, 4) is 11.6 Å². The van der Waals surface area contributed by atoms with Gasteiger partial charge in [0.1, 0.15) is 58.4 Å². The van der Waals surface area contributed by atoms with E-state index in [1.807, 2.05) is 18.5 Å². The van der Waals surface area contributed by atoms with Crippen LogP contribution in [-0.2, 0) is 6.54 Å². The molecular weight excluding hydrogens is 1070 g/mol. The van der Waals surface area contributed by atoms with Crippen molar-refractivity contribution < 1.29 is 97.1 Å². The number of hydrogen-bond donors (Lipinski definition) is 0. The summed E-state index contributed by atoms with van der Waals surface area (Å²) in [5.41, 5.74) is -13.1. The first kappa shape index (κ1) is 53.1. The minimum Gasteiger partial charge on any atom is -0.433 e. The normalized spacial score (nSPS) is 11.7. The number of ether oxygens (including phenoxy) is 1. The van der Waals surface area contributed by atoms with Crippen LogP contribution >= 0.6 is 0 Å². The molecular formula is C53H21BF20N2O. The van der Waals surface area contributed by atoms with E-state index < -0.39 is 144 Å². The largest absolute Gasteiger partial charge is 0.433 e. The van der Waals surface area contributed by atoms with E-state index >= 15 is 35.1 Å². The van der Waals surface area contributed by atoms with Crippen molar-refractivity contribution in [1.29, 1.82) is 0 Å². The first-order chi connectivity index (χ1) is 36.5. The minimum atomic E-state index is -7.22. The van der Waals surface area contributed by atoms with Crippen LogP contribution in [0.25, 0.3) is 32.3 Å². The maximum Gasteiger partial charge on any atom is 0.285 e. The van der Waals surface area contributed by atoms with Crippen molar-refractivity contribution in [2.24, 2.45) is 0 Å². The first-order valence-electron chi connectivity index (χ1n) is 21.7. The van der Waals surface area contributed by atoms with Crippen LogP contribution in [0.15, 0.2) is 116 Å². The Bertz CT molecular complexity index is 3680. The van der Waals surface area contributed by atoms with Crippen LogP contribution in [0.2, 0.25) is 0 Å². The van der Waals surface area contributed by atoms with Crippen LogP contribution in [0.3, 0.4) is 0 Å². The van der Waals surface area contributed by atoms with Gasteiger partial charge in [0.25, 0.3) is 5.88 Å². The predicted octanol–water partition coefficient (Wildman–Crippen LogP) is 12.5. The topological polar surface area (TPSA) is 26.0 Å². The quantitative estimate of drug-likeness (QED) is 0.0378. The second kappa shape index (κ2) is 20.1. The molecule has 0 aliphatic rings. The molecule has 24 heteroatoms. The summed E-state index contributed by atoms with van der Waals surface area (Å²) in [6.07, 6.45) is -1.50. The summed E-state index contributed by atoms with van der Waals surface area (Å²) < 4.78 is 303. The van der Waals surface area contributed by atoms with Crippen molar-refractivity contribution in [3.63, 3.8) is 0 Å². The van der Waals surface area contributed by atoms with E-state index in [-0.39, 0.29) is 0 Å². The van der Waals surface area contributed by atoms with Gasteiger partial charge in [0.2, 0.25) is 6.20 Å². The second-order valence-electron chi connectivity index (χ2n) is 16.8. The third-order valence-corrected chi connectivity index (χ3v) is 12.5. The highest BCUT2D eigenvalue weighted by molar-refractivity contribution is 7.20. The summed E-state index contributed by atoms with van der Waals surface area (Å²) in [5, 5.41) is 6.89. The molecule has 0 saturated carbocycles. The van der Waals surface area contributed by atoms with Gasteiger partial charge in [0.15, 0.2) is 82.5 Å². The van der Waals surface area contributed by atoms with E-state index in [9.17, 15) is 52.7 Å². The molecule has 0 spiro atoms. The second-order valence-corrected chi connectivity index (χ2v) is 16.8. The average molecular weight is 1090 g/mol. The number of rotatable bonds is 8. The fourth-order valence-corrected chi connectivity index (χ4v) is 9.16. The zero-order valence-electron chi connectivity index (χ0n) is 37.6. The number of aromatic nitrogens is 2. The molecule has 1 aromatic heterocycles. The molecule has 10 rings (SSSR count). The maximum atomic E-state index is 15.4. The van der Waals surface area contributed by atoms with Crippen molar-refractivity contribution in [1.82, 2.24) is 4.98 Å². The molecule has 10 aromatic rings. The first-order valence-corrected chi connectivity index (χ1v) is 21.7. The van der Waals surface area contributed by atoms with Gasteiger partial charge in [-0.3, -0.25) is 0 Å². The highest BCUT2D eigenvalue weighted by atomic mass is 19.2. The van der Waals surface area contributed by atoms with Gasteiger partial charge in [-0.05, 0) is 39.7 Å². The SMILES string of the molecule is Fc1c(F)c(F)c([B-](c2c(F)c(F)c(F)c(F)c2F)(c2c(F)c(F)c(F)c(F)c2F)c2c(F)c(F)c(F)c(F)c2F)c(F)c1F.c1ccc(C[n+]2ccnc(Oc3c4ccccc4cc4cc5ccccc5cc34)c2)cc1. The van der Waals surface area contributed by atoms with Gasteiger partial charge < -0.3 is 4.74 Å². The fourth-order valence-electron chi connectivity index (χ4n) is 9.16. The van der Waals surface area contributed by atoms with Crippen LogP contribution in [0, 0.1) is 116 Å². The van der Waals surface area contributed by atoms with E-state index in [2.05, 4.69) is 101 Å². The minimum absolute atomic E-state index is 0.578. The molecule has 0 unspecified atom stereocenters. The van der Waals surface area contributed by atoms with Gasteiger partial charge in [0, 0.05) is 16.3 Å². The predicted molar refractivity (Wildman–Crippen MR) is 238 cm³/mol. The zero-order valence-corrected chi connectivity index (χ0v) is 37.6. The summed E-state index contributed by atoms with van der Waals surface area (Å²) in [6, 6.07) is 33.9. The molecule has 77 heavy (non-hydrogen) atoms. The summed E-state index contributed by atoms with van der Waals surface area (Å²) in [4.78, 5) is 4.51. The molecule has 0 aliphatic heterocycles. The lowest BCUT2D eigenvalue weighted by atomic mass is 9.12. The van der Waals surface area contributed by atoms with E-state index in [1.54, 1.807) is 6.20 Å². The standard InChI is InChI=1S/C29H21N2O.C24BF20/c1-2-8-21(9-3-1)19-31-15-14-30-28(20-31)32-29-26-13-7-6-12-24(26)17-25-16-22-10-4-5-11-23(22)18-27(25)29;26-5-1(6(27)14(35)21(42)13(5)34)25(2-7(28)15(36)22(43)16(37)8(2)29,3-9(30)17(38)23(44)18(39)10(3)31)4-11(32)19(40)24(45)20(41)12(4)33/h1-18,20H,19H2;/q+1;-1. The lowest BCUT2D eigenvalue weighted by molar-refractivity contribution is -0.689. The molecule has 0 radical (unpaired) electrons. The number of halogens is 20. The maximum absolute atomic E-state index is 15.4. The summed E-state index contributed by atoms with van der Waals surface area (Å²) in [5.74, 6) is -70.0. The van der Waals surface area contributed by atoms with Gasteiger partial charge in [-0.2, -0.15) is 4.57 Å². The summed E-state index contributed by atoms with van der Waals surface area (Å²) >= 11 is 0. The number of nitrogens with zero attached hydrogens (tertiary/aromatic N) is 2. The number of fused-ring (bicyclic) bond motifs is 3. The number of benzene rings is 9. The van der Waals surface area contributed by atoms with Crippen molar-refractivity contribution in [2.45, 2.75) is 6.54 Å². The third kappa shape index (κ3) is 8.54. The molecule has 0 N–H and O–H groups in total. The Balaban J connectivity index is 0.000000197. The number of hydrogen-bond acceptors (Lipinski definition) is 2. The van der Waals surface area contributed by atoms with Crippen LogP contribution in [0.1, 0.15) is 5.56 Å². The monoisotopic (exact) mass is 1090 g/mol. The Morgan fingerprint density at radius 3 is 1.10 bits per heavy atom. The van der Waals surface area contributed by atoms with E-state index in [4.69, 9.17) is 4.74 Å². The van der Waals surface area contributed by atoms with Crippen LogP contribution in [-0.4, -0.2) is 11.1 Å². The molecule has 0 aliphatic carbocycles. The Kier molecular flexibility index (Phi) is 13.9. The molecule has 1 heterocycles. The lowest BCUT2D eigenvalue weighted by Gasteiger charge is -2.44. The van der Waals surface area contributed by atoms with Gasteiger partial charge >= 0.3 is 0 Å². The van der Waals surface area contributed by atoms with Gasteiger partial charge in [0.05, 0.1) is 6.20 Å². The Hall–Kier alpha value is -8.70. The summed E-state index contributed by atoms with van der Waals surface area (Å²) in [7, 11) is 0. The highest BCUT2D eigenvalue weighted by Gasteiger charge is 2.52. The van der Waals surface area contributed by atoms with Gasteiger partial charge in [-0.15, -0.1) is 21.9 Å². The van der Waals surface area contributed by atoms with Crippen molar-refractivity contribution >= 4 is 60.3 Å². The molecule has 9 aromatic carbocycles. The zero-order chi connectivity index (χ0) is 55.7. The van der Waals surface area contributed by atoms with Crippen LogP contribution < -0.4 is 31.2 Å². The van der Waals surface area contributed by atoms with Crippen LogP contribution in [0.4, 0.5) is 87.8 Å². The molecule has 3 nitrogen and oxygen atoms in total. The molecule has 0 fully saturated rings. The summed E-state index contributed by atoms with van der Waals surface area (Å²) in [6.45, 7) is 0.765. The Morgan fingerprint density at radius 2 is 0.688 bits per heavy atom. The van der Waals surface area contributed by atoms with Crippen molar-refractivity contribution in [2.75, 3.05) is 0 Å². The highest BCUT2D eigenvalue weighted by Crippen LogP contribution is 2.39. The molecule has 392 valence electrons. The molecule has 0 atom stereocenters. The molecule has 0 saturated heterocycles. The average Bonchev–Trinajstić information content (AvgIpc) is 3.62. The van der Waals surface area contributed by atoms with Gasteiger partial charge in [-0.25, -0.2) is 92.8 Å². The molecule has 0 bridgehead atoms. The van der Waals surface area contributed by atoms with Crippen LogP contribution in [0.5, 0.6) is 11.6 Å². The Morgan fingerprint density at radius 1 is 0.351 bits per heavy atom. The fraction of sp³-hybridized carbons (Fsp3) is 0.0189.